The van der Waals surface area contributed by atoms with Gasteiger partial charge in [-0.05, 0) is 70.9 Å². The van der Waals surface area contributed by atoms with Crippen LogP contribution in [-0.2, 0) is 14.3 Å². The Kier molecular flexibility index (Phi) is 54.0. The fourth-order valence-corrected chi connectivity index (χ4v) is 6.42. The van der Waals surface area contributed by atoms with E-state index in [1.54, 1.807) is 0 Å². The minimum atomic E-state index is 0.0324. The van der Waals surface area contributed by atoms with E-state index < -0.39 is 0 Å². The van der Waals surface area contributed by atoms with Crippen molar-refractivity contribution in [2.45, 2.75) is 233 Å². The number of nitrogens with zero attached hydrogens (tertiary/aromatic N) is 1. The molecule has 0 saturated carbocycles. The second-order valence-electron chi connectivity index (χ2n) is 14.6. The van der Waals surface area contributed by atoms with Crippen molar-refractivity contribution in [2.75, 3.05) is 32.8 Å². The van der Waals surface area contributed by atoms with Gasteiger partial charge in [0.15, 0.2) is 0 Å². The van der Waals surface area contributed by atoms with Gasteiger partial charge in [0.25, 0.3) is 0 Å². The van der Waals surface area contributed by atoms with Gasteiger partial charge in [-0.1, -0.05) is 175 Å². The number of carbonyl (C=O) groups is 2. The highest BCUT2D eigenvalue weighted by Crippen LogP contribution is 2.18. The van der Waals surface area contributed by atoms with E-state index in [0.717, 1.165) is 51.7 Å². The lowest BCUT2D eigenvalue weighted by Crippen LogP contribution is -2.29. The van der Waals surface area contributed by atoms with Crippen molar-refractivity contribution in [1.82, 2.24) is 4.90 Å². The highest BCUT2D eigenvalue weighted by molar-refractivity contribution is 5.69. The first kappa shape index (κ1) is 54.1. The molecule has 0 saturated heterocycles. The summed E-state index contributed by atoms with van der Waals surface area (Å²) in [6.07, 6.45) is 42.2. The molecule has 0 rings (SSSR count). The topological polar surface area (TPSA) is 87.1 Å². The third-order valence-electron chi connectivity index (χ3n) is 9.65. The minimum absolute atomic E-state index is 0.0324. The van der Waals surface area contributed by atoms with Crippen LogP contribution >= 0.6 is 0 Å². The Hall–Kier alpha value is -1.24. The molecule has 0 amide bonds. The Morgan fingerprint density at radius 3 is 1.35 bits per heavy atom. The van der Waals surface area contributed by atoms with Gasteiger partial charge in [0.1, 0.15) is 12.9 Å². The monoisotopic (exact) mass is 726 g/mol. The van der Waals surface area contributed by atoms with E-state index in [2.05, 4.69) is 38.7 Å². The minimum Gasteiger partial charge on any atom is -0.462 e. The van der Waals surface area contributed by atoms with Crippen LogP contribution in [0.3, 0.4) is 0 Å². The van der Waals surface area contributed by atoms with Gasteiger partial charge in [-0.2, -0.15) is 0 Å². The average Bonchev–Trinajstić information content (AvgIpc) is 3.14. The molecular weight excluding hydrogens is 634 g/mol. The van der Waals surface area contributed by atoms with Crippen LogP contribution in [0.5, 0.6) is 0 Å². The molecule has 0 aliphatic carbocycles. The molecule has 2 N–H and O–H groups in total. The lowest BCUT2D eigenvalue weighted by molar-refractivity contribution is -0.150. The zero-order valence-corrected chi connectivity index (χ0v) is 35.0. The summed E-state index contributed by atoms with van der Waals surface area (Å²) in [5.41, 5.74) is 0. The van der Waals surface area contributed by atoms with Gasteiger partial charge in [0.05, 0.1) is 13.2 Å². The number of aliphatic hydroxyl groups is 2. The number of rotatable bonds is 38. The van der Waals surface area contributed by atoms with Crippen molar-refractivity contribution in [2.24, 2.45) is 0 Å². The van der Waals surface area contributed by atoms with Crippen molar-refractivity contribution < 1.29 is 24.5 Å². The van der Waals surface area contributed by atoms with Crippen LogP contribution in [0.1, 0.15) is 227 Å². The molecule has 0 unspecified atom stereocenters. The number of unbranched alkanes of at least 4 members (excludes halogenated alkanes) is 23. The first-order valence-corrected chi connectivity index (χ1v) is 22.2. The maximum atomic E-state index is 12.6. The molecule has 0 atom stereocenters. The van der Waals surface area contributed by atoms with Crippen molar-refractivity contribution in [3.05, 3.63) is 12.2 Å². The number of hydrogen-bond acceptors (Lipinski definition) is 6. The number of hydrogen-bond donors (Lipinski definition) is 2. The molecule has 0 aromatic carbocycles. The van der Waals surface area contributed by atoms with E-state index in [4.69, 9.17) is 14.6 Å². The Morgan fingerprint density at radius 1 is 0.529 bits per heavy atom. The van der Waals surface area contributed by atoms with Gasteiger partial charge >= 0.3 is 5.97 Å². The summed E-state index contributed by atoms with van der Waals surface area (Å²) in [5, 5.41) is 17.8. The summed E-state index contributed by atoms with van der Waals surface area (Å²) in [6.45, 7) is 14.5. The molecule has 0 bridgehead atoms. The summed E-state index contributed by atoms with van der Waals surface area (Å²) in [6, 6.07) is 0. The molecule has 306 valence electrons. The predicted octanol–water partition coefficient (Wildman–Crippen LogP) is 12.7. The third kappa shape index (κ3) is 48.8. The SMILES string of the molecule is C=O.CCCCCC/C=C\CO.CCCCCCCCC(CCCCCCCC)OC(=O)CCCCCCCN(CCO)CCCCCCCC. The van der Waals surface area contributed by atoms with Crippen molar-refractivity contribution in [3.8, 4) is 0 Å². The summed E-state index contributed by atoms with van der Waals surface area (Å²) >= 11 is 0. The average molecular weight is 726 g/mol. The van der Waals surface area contributed by atoms with Crippen LogP contribution < -0.4 is 0 Å². The largest absolute Gasteiger partial charge is 0.462 e. The van der Waals surface area contributed by atoms with E-state index >= 15 is 0 Å². The number of allylic oxidation sites excluding steroid dienone is 1. The van der Waals surface area contributed by atoms with Crippen LogP contribution in [-0.4, -0.2) is 66.8 Å². The van der Waals surface area contributed by atoms with E-state index in [1.165, 1.54) is 161 Å². The molecule has 6 nitrogen and oxygen atoms in total. The van der Waals surface area contributed by atoms with E-state index in [0.29, 0.717) is 6.42 Å². The van der Waals surface area contributed by atoms with Crippen molar-refractivity contribution in [3.63, 3.8) is 0 Å². The molecule has 0 spiro atoms. The summed E-state index contributed by atoms with van der Waals surface area (Å²) in [4.78, 5) is 23.0. The van der Waals surface area contributed by atoms with E-state index in [1.807, 2.05) is 12.9 Å². The number of carbonyl (C=O) groups excluding carboxylic acids is 2. The zero-order valence-electron chi connectivity index (χ0n) is 35.0. The Bertz CT molecular complexity index is 643. The summed E-state index contributed by atoms with van der Waals surface area (Å²) < 4.78 is 5.99. The van der Waals surface area contributed by atoms with Crippen molar-refractivity contribution >= 4 is 12.8 Å². The van der Waals surface area contributed by atoms with Gasteiger partial charge < -0.3 is 24.6 Å². The van der Waals surface area contributed by atoms with Gasteiger partial charge in [-0.25, -0.2) is 0 Å². The zero-order chi connectivity index (χ0) is 38.3. The molecule has 0 aliphatic rings. The second-order valence-corrected chi connectivity index (χ2v) is 14.6. The normalized spacial score (nSPS) is 11.1. The third-order valence-corrected chi connectivity index (χ3v) is 9.65. The smallest absolute Gasteiger partial charge is 0.306 e. The maximum Gasteiger partial charge on any atom is 0.306 e. The van der Waals surface area contributed by atoms with Gasteiger partial charge in [-0.15, -0.1) is 0 Å². The molecule has 0 aromatic heterocycles. The van der Waals surface area contributed by atoms with Crippen LogP contribution in [0.25, 0.3) is 0 Å². The van der Waals surface area contributed by atoms with E-state index in [9.17, 15) is 9.90 Å². The van der Waals surface area contributed by atoms with Crippen LogP contribution in [0, 0.1) is 0 Å². The molecule has 0 aromatic rings. The molecule has 0 heterocycles. The molecule has 0 fully saturated rings. The quantitative estimate of drug-likeness (QED) is 0.0374. The lowest BCUT2D eigenvalue weighted by Gasteiger charge is -2.21. The number of esters is 1. The predicted molar refractivity (Wildman–Crippen MR) is 223 cm³/mol. The van der Waals surface area contributed by atoms with Crippen LogP contribution in [0.2, 0.25) is 0 Å². The lowest BCUT2D eigenvalue weighted by atomic mass is 10.0. The molecule has 51 heavy (non-hydrogen) atoms. The van der Waals surface area contributed by atoms with Gasteiger partial charge in [0, 0.05) is 13.0 Å². The second kappa shape index (κ2) is 50.9. The fraction of sp³-hybridized carbons (Fsp3) is 0.911. The standard InChI is InChI=1S/C35H71NO3.C9H18O.CH2O/c1-4-7-10-13-17-22-27-34(28-23-18-14-11-8-5-2)39-35(38)29-24-19-16-21-26-31-36(32-33-37)30-25-20-15-12-9-6-3;1-2-3-4-5-6-7-8-9-10;1-2/h34,37H,4-33H2,1-3H3;7-8,10H,2-6,9H2,1H3;1H2/b;8-7-;. The Labute approximate surface area is 319 Å². The fourth-order valence-electron chi connectivity index (χ4n) is 6.42. The number of ether oxygens (including phenoxy) is 1. The van der Waals surface area contributed by atoms with E-state index in [-0.39, 0.29) is 25.3 Å². The highest BCUT2D eigenvalue weighted by Gasteiger charge is 2.14. The molecule has 0 aliphatic heterocycles. The number of aliphatic hydroxyl groups excluding tert-OH is 2. The Balaban J connectivity index is -0.00000164. The molecule has 0 radical (unpaired) electrons. The van der Waals surface area contributed by atoms with Gasteiger partial charge in [-0.3, -0.25) is 4.79 Å². The first-order chi connectivity index (χ1) is 25.1. The van der Waals surface area contributed by atoms with Crippen LogP contribution in [0.4, 0.5) is 0 Å². The van der Waals surface area contributed by atoms with Crippen LogP contribution in [0.15, 0.2) is 12.2 Å². The maximum absolute atomic E-state index is 12.6. The molecule has 6 heteroatoms. The highest BCUT2D eigenvalue weighted by atomic mass is 16.5. The first-order valence-electron chi connectivity index (χ1n) is 22.2. The van der Waals surface area contributed by atoms with Crippen molar-refractivity contribution in [1.29, 1.82) is 0 Å². The summed E-state index contributed by atoms with van der Waals surface area (Å²) in [7, 11) is 0. The van der Waals surface area contributed by atoms with Gasteiger partial charge in [0.2, 0.25) is 0 Å². The summed E-state index contributed by atoms with van der Waals surface area (Å²) in [5.74, 6) is 0.0324. The Morgan fingerprint density at radius 2 is 0.922 bits per heavy atom. The molecular formula is C45H91NO5.